The fourth-order valence-electron chi connectivity index (χ4n) is 7.59. The molecule has 244 valence electrons. The van der Waals surface area contributed by atoms with Gasteiger partial charge in [-0.25, -0.2) is 0 Å². The summed E-state index contributed by atoms with van der Waals surface area (Å²) in [5.41, 5.74) is 12.3. The highest BCUT2D eigenvalue weighted by Crippen LogP contribution is 2.41. The van der Waals surface area contributed by atoms with Crippen molar-refractivity contribution < 1.29 is 4.42 Å². The van der Waals surface area contributed by atoms with Crippen molar-refractivity contribution in [1.29, 1.82) is 0 Å². The predicted octanol–water partition coefficient (Wildman–Crippen LogP) is 14.4. The molecule has 2 heteroatoms. The molecule has 52 heavy (non-hydrogen) atoms. The molecule has 1 aromatic heterocycles. The van der Waals surface area contributed by atoms with E-state index >= 15 is 0 Å². The van der Waals surface area contributed by atoms with Crippen LogP contribution < -0.4 is 4.90 Å². The number of nitrogens with zero attached hydrogens (tertiary/aromatic N) is 1. The molecule has 0 saturated carbocycles. The quantitative estimate of drug-likeness (QED) is 0.176. The number of hydrogen-bond donors (Lipinski definition) is 0. The smallest absolute Gasteiger partial charge is 0.135 e. The van der Waals surface area contributed by atoms with Gasteiger partial charge in [0.25, 0.3) is 0 Å². The molecule has 0 saturated heterocycles. The lowest BCUT2D eigenvalue weighted by atomic mass is 9.98. The van der Waals surface area contributed by atoms with E-state index < -0.39 is 0 Å². The molecule has 0 aliphatic rings. The van der Waals surface area contributed by atoms with Crippen LogP contribution in [-0.2, 0) is 0 Å². The number of fused-ring (bicyclic) bond motifs is 5. The third-order valence-electron chi connectivity index (χ3n) is 10.2. The molecule has 9 aromatic carbocycles. The van der Waals surface area contributed by atoms with Crippen molar-refractivity contribution in [3.63, 3.8) is 0 Å². The molecule has 0 N–H and O–H groups in total. The van der Waals surface area contributed by atoms with Crippen molar-refractivity contribution in [3.8, 4) is 33.4 Å². The van der Waals surface area contributed by atoms with Gasteiger partial charge in [-0.05, 0) is 104 Å². The Morgan fingerprint density at radius 1 is 0.288 bits per heavy atom. The summed E-state index contributed by atoms with van der Waals surface area (Å²) in [6.45, 7) is 0. The average Bonchev–Trinajstić information content (AvgIpc) is 3.59. The standard InChI is InChI=1S/C50H33NO/c1-2-11-39-31-41(24-23-34(39)9-1)37-21-19-35(20-22-37)36-25-28-43(29-26-36)51(48-17-8-12-38-10-3-4-15-45(38)48)44-14-7-13-40(32-44)42-27-30-50-47(33-42)46-16-5-6-18-49(46)52-50/h1-33H. The molecule has 0 amide bonds. The van der Waals surface area contributed by atoms with E-state index in [0.717, 1.165) is 50.1 Å². The molecule has 1 heterocycles. The van der Waals surface area contributed by atoms with Crippen molar-refractivity contribution in [3.05, 3.63) is 200 Å². The first kappa shape index (κ1) is 30.0. The normalized spacial score (nSPS) is 11.5. The van der Waals surface area contributed by atoms with Crippen LogP contribution in [-0.4, -0.2) is 0 Å². The summed E-state index contributed by atoms with van der Waals surface area (Å²) in [5, 5.41) is 7.20. The number of furan rings is 1. The molecule has 0 unspecified atom stereocenters. The fraction of sp³-hybridized carbons (Fsp3) is 0. The summed E-state index contributed by atoms with van der Waals surface area (Å²) >= 11 is 0. The lowest BCUT2D eigenvalue weighted by Crippen LogP contribution is -2.10. The summed E-state index contributed by atoms with van der Waals surface area (Å²) in [7, 11) is 0. The van der Waals surface area contributed by atoms with Gasteiger partial charge in [0.1, 0.15) is 11.2 Å². The predicted molar refractivity (Wildman–Crippen MR) is 220 cm³/mol. The molecule has 0 bridgehead atoms. The lowest BCUT2D eigenvalue weighted by molar-refractivity contribution is 0.669. The number of hydrogen-bond acceptors (Lipinski definition) is 2. The molecule has 10 rings (SSSR count). The van der Waals surface area contributed by atoms with Gasteiger partial charge >= 0.3 is 0 Å². The summed E-state index contributed by atoms with van der Waals surface area (Å²) in [6, 6.07) is 71.9. The van der Waals surface area contributed by atoms with Crippen LogP contribution in [0, 0.1) is 0 Å². The Morgan fingerprint density at radius 2 is 0.846 bits per heavy atom. The summed E-state index contributed by atoms with van der Waals surface area (Å²) in [6.07, 6.45) is 0. The van der Waals surface area contributed by atoms with Crippen molar-refractivity contribution in [2.75, 3.05) is 4.90 Å². The zero-order valence-electron chi connectivity index (χ0n) is 28.4. The Hall–Kier alpha value is -6.90. The first-order chi connectivity index (χ1) is 25.7. The maximum atomic E-state index is 6.14. The van der Waals surface area contributed by atoms with Gasteiger partial charge in [0.05, 0.1) is 5.69 Å². The minimum atomic E-state index is 0.905. The third-order valence-corrected chi connectivity index (χ3v) is 10.2. The highest BCUT2D eigenvalue weighted by atomic mass is 16.3. The first-order valence-electron chi connectivity index (χ1n) is 17.7. The second-order valence-electron chi connectivity index (χ2n) is 13.4. The van der Waals surface area contributed by atoms with Crippen LogP contribution in [0.4, 0.5) is 17.1 Å². The minimum absolute atomic E-state index is 0.905. The molecule has 0 fully saturated rings. The fourth-order valence-corrected chi connectivity index (χ4v) is 7.59. The van der Waals surface area contributed by atoms with E-state index in [1.165, 1.54) is 43.8 Å². The van der Waals surface area contributed by atoms with E-state index in [1.807, 2.05) is 12.1 Å². The Morgan fingerprint density at radius 3 is 1.67 bits per heavy atom. The summed E-state index contributed by atoms with van der Waals surface area (Å²) in [5.74, 6) is 0. The number of para-hydroxylation sites is 1. The van der Waals surface area contributed by atoms with Crippen LogP contribution in [0.1, 0.15) is 0 Å². The number of anilines is 3. The monoisotopic (exact) mass is 663 g/mol. The molecule has 0 spiro atoms. The molecule has 10 aromatic rings. The highest BCUT2D eigenvalue weighted by Gasteiger charge is 2.17. The van der Waals surface area contributed by atoms with Crippen LogP contribution in [0.3, 0.4) is 0 Å². The summed E-state index contributed by atoms with van der Waals surface area (Å²) in [4.78, 5) is 2.38. The molecular formula is C50H33NO. The molecule has 0 aliphatic heterocycles. The Balaban J connectivity index is 1.03. The van der Waals surface area contributed by atoms with Crippen LogP contribution in [0.5, 0.6) is 0 Å². The van der Waals surface area contributed by atoms with Gasteiger partial charge < -0.3 is 9.32 Å². The number of rotatable bonds is 6. The van der Waals surface area contributed by atoms with Crippen molar-refractivity contribution in [2.45, 2.75) is 0 Å². The van der Waals surface area contributed by atoms with Crippen molar-refractivity contribution in [1.82, 2.24) is 0 Å². The number of benzene rings is 9. The summed E-state index contributed by atoms with van der Waals surface area (Å²) < 4.78 is 6.14. The van der Waals surface area contributed by atoms with Crippen molar-refractivity contribution in [2.24, 2.45) is 0 Å². The van der Waals surface area contributed by atoms with E-state index in [1.54, 1.807) is 0 Å². The molecule has 0 atom stereocenters. The zero-order valence-corrected chi connectivity index (χ0v) is 28.4. The second-order valence-corrected chi connectivity index (χ2v) is 13.4. The first-order valence-corrected chi connectivity index (χ1v) is 17.7. The van der Waals surface area contributed by atoms with Crippen LogP contribution >= 0.6 is 0 Å². The van der Waals surface area contributed by atoms with Gasteiger partial charge in [0, 0.05) is 27.5 Å². The van der Waals surface area contributed by atoms with E-state index in [0.29, 0.717) is 0 Å². The SMILES string of the molecule is c1cc(-c2ccc3oc4ccccc4c3c2)cc(N(c2ccc(-c3ccc(-c4ccc5ccccc5c4)cc3)cc2)c2cccc3ccccc23)c1. The average molecular weight is 664 g/mol. The minimum Gasteiger partial charge on any atom is -0.456 e. The van der Waals surface area contributed by atoms with E-state index in [9.17, 15) is 0 Å². The van der Waals surface area contributed by atoms with E-state index in [4.69, 9.17) is 4.42 Å². The van der Waals surface area contributed by atoms with Gasteiger partial charge in [-0.1, -0.05) is 146 Å². The van der Waals surface area contributed by atoms with Gasteiger partial charge in [0.2, 0.25) is 0 Å². The lowest BCUT2D eigenvalue weighted by Gasteiger charge is -2.27. The van der Waals surface area contributed by atoms with E-state index in [2.05, 4.69) is 193 Å². The molecule has 0 aliphatic carbocycles. The molecular weight excluding hydrogens is 631 g/mol. The largest absolute Gasteiger partial charge is 0.456 e. The van der Waals surface area contributed by atoms with Gasteiger partial charge in [-0.2, -0.15) is 0 Å². The molecule has 0 radical (unpaired) electrons. The second kappa shape index (κ2) is 12.5. The Labute approximate surface area is 302 Å². The van der Waals surface area contributed by atoms with Gasteiger partial charge in [0.15, 0.2) is 0 Å². The van der Waals surface area contributed by atoms with Gasteiger partial charge in [-0.15, -0.1) is 0 Å². The topological polar surface area (TPSA) is 16.4 Å². The maximum Gasteiger partial charge on any atom is 0.135 e. The Kier molecular flexibility index (Phi) is 7.18. The zero-order chi connectivity index (χ0) is 34.4. The van der Waals surface area contributed by atoms with Crippen LogP contribution in [0.15, 0.2) is 205 Å². The Bertz CT molecular complexity index is 2890. The highest BCUT2D eigenvalue weighted by molar-refractivity contribution is 6.06. The van der Waals surface area contributed by atoms with Crippen molar-refractivity contribution >= 4 is 60.5 Å². The molecule has 2 nitrogen and oxygen atoms in total. The van der Waals surface area contributed by atoms with Crippen LogP contribution in [0.25, 0.3) is 76.9 Å². The van der Waals surface area contributed by atoms with Gasteiger partial charge in [-0.3, -0.25) is 0 Å². The van der Waals surface area contributed by atoms with Crippen LogP contribution in [0.2, 0.25) is 0 Å². The third kappa shape index (κ3) is 5.30. The maximum absolute atomic E-state index is 6.14. The van der Waals surface area contributed by atoms with E-state index in [-0.39, 0.29) is 0 Å².